The first-order valence-electron chi connectivity index (χ1n) is 9.51. The van der Waals surface area contributed by atoms with E-state index in [1.807, 2.05) is 30.3 Å². The van der Waals surface area contributed by atoms with Crippen LogP contribution in [0, 0.1) is 0 Å². The normalized spacial score (nSPS) is 17.8. The number of hydrogen-bond acceptors (Lipinski definition) is 5. The summed E-state index contributed by atoms with van der Waals surface area (Å²) in [6.07, 6.45) is 0.611. The molecular formula is C22H21BrN2O5. The van der Waals surface area contributed by atoms with Gasteiger partial charge >= 0.3 is 12.0 Å². The Balaban J connectivity index is 1.61. The monoisotopic (exact) mass is 472 g/mol. The molecular weight excluding hydrogens is 452 g/mol. The van der Waals surface area contributed by atoms with Crippen molar-refractivity contribution >= 4 is 27.9 Å². The number of ether oxygens (including phenoxy) is 3. The Morgan fingerprint density at radius 3 is 2.67 bits per heavy atom. The van der Waals surface area contributed by atoms with Crippen LogP contribution in [0.1, 0.15) is 24.1 Å². The minimum atomic E-state index is -0.679. The maximum Gasteiger partial charge on any atom is 0.338 e. The van der Waals surface area contributed by atoms with Crippen LogP contribution in [-0.4, -0.2) is 37.3 Å². The zero-order valence-electron chi connectivity index (χ0n) is 16.6. The highest BCUT2D eigenvalue weighted by molar-refractivity contribution is 9.10. The largest absolute Gasteiger partial charge is 0.462 e. The lowest BCUT2D eigenvalue weighted by atomic mass is 9.94. The van der Waals surface area contributed by atoms with Gasteiger partial charge in [-0.2, -0.15) is 0 Å². The Labute approximate surface area is 182 Å². The van der Waals surface area contributed by atoms with Gasteiger partial charge in [0.05, 0.1) is 18.2 Å². The number of benzene rings is 2. The van der Waals surface area contributed by atoms with Crippen molar-refractivity contribution in [2.24, 2.45) is 0 Å². The Morgan fingerprint density at radius 2 is 1.93 bits per heavy atom. The molecule has 0 saturated heterocycles. The summed E-state index contributed by atoms with van der Waals surface area (Å²) in [6, 6.07) is 12.4. The number of urea groups is 1. The van der Waals surface area contributed by atoms with E-state index in [9.17, 15) is 9.59 Å². The second-order valence-electron chi connectivity index (χ2n) is 7.04. The average Bonchev–Trinajstić information content (AvgIpc) is 3.19. The van der Waals surface area contributed by atoms with Gasteiger partial charge < -0.3 is 24.4 Å². The summed E-state index contributed by atoms with van der Waals surface area (Å²) in [6.45, 7) is 2.11. The highest BCUT2D eigenvalue weighted by atomic mass is 79.9. The van der Waals surface area contributed by atoms with E-state index in [0.717, 1.165) is 5.56 Å². The number of carbonyl (C=O) groups is 2. The van der Waals surface area contributed by atoms with Crippen molar-refractivity contribution in [3.8, 4) is 11.5 Å². The van der Waals surface area contributed by atoms with Crippen LogP contribution in [0.4, 0.5) is 4.79 Å². The lowest BCUT2D eigenvalue weighted by molar-refractivity contribution is -0.139. The van der Waals surface area contributed by atoms with Crippen LogP contribution in [-0.2, 0) is 16.0 Å². The number of nitrogens with zero attached hydrogens (tertiary/aromatic N) is 1. The van der Waals surface area contributed by atoms with Crippen molar-refractivity contribution in [1.82, 2.24) is 10.2 Å². The van der Waals surface area contributed by atoms with Gasteiger partial charge in [-0.15, -0.1) is 0 Å². The molecule has 8 heteroatoms. The molecule has 0 spiro atoms. The predicted octanol–water partition coefficient (Wildman–Crippen LogP) is 3.93. The van der Waals surface area contributed by atoms with E-state index >= 15 is 0 Å². The van der Waals surface area contributed by atoms with Gasteiger partial charge in [-0.05, 0) is 30.2 Å². The molecule has 2 aliphatic heterocycles. The van der Waals surface area contributed by atoms with Crippen molar-refractivity contribution in [1.29, 1.82) is 0 Å². The zero-order valence-corrected chi connectivity index (χ0v) is 18.2. The number of nitrogens with one attached hydrogen (secondary N) is 1. The zero-order chi connectivity index (χ0) is 21.3. The SMILES string of the molecule is CC1=C(C(=O)OCCc2ccccc2)C(c2cc3c(cc2Br)OCO3)NC(=O)N1C. The van der Waals surface area contributed by atoms with Gasteiger partial charge in [-0.25, -0.2) is 9.59 Å². The fourth-order valence-electron chi connectivity index (χ4n) is 3.47. The third kappa shape index (κ3) is 3.87. The van der Waals surface area contributed by atoms with Gasteiger partial charge in [0.1, 0.15) is 0 Å². The summed E-state index contributed by atoms with van der Waals surface area (Å²) < 4.78 is 17.1. The summed E-state index contributed by atoms with van der Waals surface area (Å²) in [7, 11) is 1.62. The Hall–Kier alpha value is -3.00. The number of amides is 2. The first-order valence-corrected chi connectivity index (χ1v) is 10.3. The molecule has 0 fully saturated rings. The van der Waals surface area contributed by atoms with Gasteiger partial charge in [0.25, 0.3) is 0 Å². The lowest BCUT2D eigenvalue weighted by Gasteiger charge is -2.33. The fraction of sp³-hybridized carbons (Fsp3) is 0.273. The van der Waals surface area contributed by atoms with E-state index in [1.54, 1.807) is 26.1 Å². The number of esters is 1. The van der Waals surface area contributed by atoms with Crippen LogP contribution >= 0.6 is 15.9 Å². The number of hydrogen-bond donors (Lipinski definition) is 1. The third-order valence-corrected chi connectivity index (χ3v) is 5.93. The molecule has 1 unspecified atom stereocenters. The van der Waals surface area contributed by atoms with Gasteiger partial charge in [0.2, 0.25) is 6.79 Å². The van der Waals surface area contributed by atoms with Crippen LogP contribution in [0.2, 0.25) is 0 Å². The van der Waals surface area contributed by atoms with E-state index in [-0.39, 0.29) is 19.4 Å². The summed E-state index contributed by atoms with van der Waals surface area (Å²) in [5.41, 5.74) is 2.69. The molecule has 2 aliphatic rings. The quantitative estimate of drug-likeness (QED) is 0.666. The van der Waals surface area contributed by atoms with Gasteiger partial charge in [-0.3, -0.25) is 0 Å². The van der Waals surface area contributed by atoms with Crippen LogP contribution < -0.4 is 14.8 Å². The number of halogens is 1. The highest BCUT2D eigenvalue weighted by Crippen LogP contribution is 2.42. The van der Waals surface area contributed by atoms with Crippen LogP contribution in [0.15, 0.2) is 58.2 Å². The average molecular weight is 473 g/mol. The molecule has 156 valence electrons. The molecule has 4 rings (SSSR count). The van der Waals surface area contributed by atoms with Crippen LogP contribution in [0.3, 0.4) is 0 Å². The number of rotatable bonds is 5. The lowest BCUT2D eigenvalue weighted by Crippen LogP contribution is -2.46. The summed E-state index contributed by atoms with van der Waals surface area (Å²) >= 11 is 3.53. The molecule has 2 aromatic carbocycles. The van der Waals surface area contributed by atoms with E-state index in [1.165, 1.54) is 4.90 Å². The van der Waals surface area contributed by atoms with Crippen molar-refractivity contribution < 1.29 is 23.8 Å². The van der Waals surface area contributed by atoms with Crippen molar-refractivity contribution in [3.63, 3.8) is 0 Å². The van der Waals surface area contributed by atoms with Gasteiger partial charge in [-0.1, -0.05) is 46.3 Å². The standard InChI is InChI=1S/C22H21BrN2O5/c1-13-19(21(26)28-9-8-14-6-4-3-5-7-14)20(24-22(27)25(13)2)15-10-17-18(11-16(15)23)30-12-29-17/h3-7,10-11,20H,8-9,12H2,1-2H3,(H,24,27). The van der Waals surface area contributed by atoms with Crippen molar-refractivity contribution in [2.75, 3.05) is 20.4 Å². The molecule has 1 N–H and O–H groups in total. The Bertz CT molecular complexity index is 1020. The summed E-state index contributed by atoms with van der Waals surface area (Å²) in [5.74, 6) is 0.707. The molecule has 30 heavy (non-hydrogen) atoms. The molecule has 1 atom stereocenters. The van der Waals surface area contributed by atoms with E-state index in [4.69, 9.17) is 14.2 Å². The van der Waals surface area contributed by atoms with E-state index < -0.39 is 12.0 Å². The highest BCUT2D eigenvalue weighted by Gasteiger charge is 2.36. The molecule has 2 heterocycles. The molecule has 0 aromatic heterocycles. The molecule has 0 aliphatic carbocycles. The first-order chi connectivity index (χ1) is 14.5. The molecule has 0 radical (unpaired) electrons. The number of allylic oxidation sites excluding steroid dienone is 1. The maximum atomic E-state index is 13.1. The minimum Gasteiger partial charge on any atom is -0.462 e. The van der Waals surface area contributed by atoms with Crippen LogP contribution in [0.25, 0.3) is 0 Å². The molecule has 7 nitrogen and oxygen atoms in total. The van der Waals surface area contributed by atoms with Crippen molar-refractivity contribution in [2.45, 2.75) is 19.4 Å². The van der Waals surface area contributed by atoms with E-state index in [0.29, 0.717) is 39.2 Å². The first kappa shape index (κ1) is 20.3. The van der Waals surface area contributed by atoms with Gasteiger partial charge in [0, 0.05) is 23.6 Å². The Morgan fingerprint density at radius 1 is 1.23 bits per heavy atom. The number of fused-ring (bicyclic) bond motifs is 1. The van der Waals surface area contributed by atoms with Gasteiger partial charge in [0.15, 0.2) is 11.5 Å². The molecule has 2 amide bonds. The van der Waals surface area contributed by atoms with E-state index in [2.05, 4.69) is 21.2 Å². The third-order valence-electron chi connectivity index (χ3n) is 5.24. The molecule has 0 saturated carbocycles. The maximum absolute atomic E-state index is 13.1. The summed E-state index contributed by atoms with van der Waals surface area (Å²) in [4.78, 5) is 26.9. The Kier molecular flexibility index (Phi) is 5.67. The second-order valence-corrected chi connectivity index (χ2v) is 7.89. The van der Waals surface area contributed by atoms with Crippen LogP contribution in [0.5, 0.6) is 11.5 Å². The van der Waals surface area contributed by atoms with Crippen molar-refractivity contribution in [3.05, 3.63) is 69.3 Å². The fourth-order valence-corrected chi connectivity index (χ4v) is 4.02. The topological polar surface area (TPSA) is 77.1 Å². The smallest absolute Gasteiger partial charge is 0.338 e. The second kappa shape index (κ2) is 8.39. The minimum absolute atomic E-state index is 0.133. The molecule has 2 aromatic rings. The summed E-state index contributed by atoms with van der Waals surface area (Å²) in [5, 5.41) is 2.89. The number of carbonyl (C=O) groups excluding carboxylic acids is 2. The molecule has 0 bridgehead atoms. The predicted molar refractivity (Wildman–Crippen MR) is 113 cm³/mol.